The molecule has 5 atom stereocenters. The molecule has 0 aromatic carbocycles. The van der Waals surface area contributed by atoms with Gasteiger partial charge in [-0.3, -0.25) is 0 Å². The van der Waals surface area contributed by atoms with Crippen molar-refractivity contribution in [2.24, 2.45) is 5.92 Å². The second-order valence-corrected chi connectivity index (χ2v) is 4.90. The molecule has 4 nitrogen and oxygen atoms in total. The summed E-state index contributed by atoms with van der Waals surface area (Å²) < 4.78 is 17.1. The van der Waals surface area contributed by atoms with E-state index in [9.17, 15) is 5.11 Å². The monoisotopic (exact) mass is 216 g/mol. The summed E-state index contributed by atoms with van der Waals surface area (Å²) in [5, 5.41) is 9.78. The Hall–Kier alpha value is -0.160. The molecule has 4 heteroatoms. The SMILES string of the molecule is CC[C@H](O)[C@@H]1O[C@@H]2OC(C)(C)O[C@@H]2[C@H]1C. The molecule has 2 saturated heterocycles. The number of rotatable bonds is 2. The molecule has 0 spiro atoms. The van der Waals surface area contributed by atoms with E-state index >= 15 is 0 Å². The third kappa shape index (κ3) is 1.91. The number of ether oxygens (including phenoxy) is 3. The summed E-state index contributed by atoms with van der Waals surface area (Å²) in [6, 6.07) is 0. The molecule has 0 bridgehead atoms. The lowest BCUT2D eigenvalue weighted by Gasteiger charge is -2.25. The predicted molar refractivity (Wildman–Crippen MR) is 54.2 cm³/mol. The van der Waals surface area contributed by atoms with Crippen LogP contribution in [0.5, 0.6) is 0 Å². The minimum atomic E-state index is -0.564. The van der Waals surface area contributed by atoms with Crippen LogP contribution in [0.15, 0.2) is 0 Å². The lowest BCUT2D eigenvalue weighted by atomic mass is 9.96. The lowest BCUT2D eigenvalue weighted by Crippen LogP contribution is -2.35. The maximum absolute atomic E-state index is 9.78. The topological polar surface area (TPSA) is 47.9 Å². The standard InChI is InChI=1S/C11H20O4/c1-5-7(12)8-6(2)9-10(13-8)15-11(3,4)14-9/h6-10,12H,5H2,1-4H3/t6-,7-,8+,9+,10+/m0/s1. The third-order valence-corrected chi connectivity index (χ3v) is 3.21. The van der Waals surface area contributed by atoms with Crippen LogP contribution in [-0.2, 0) is 14.2 Å². The average molecular weight is 216 g/mol. The van der Waals surface area contributed by atoms with E-state index < -0.39 is 11.9 Å². The van der Waals surface area contributed by atoms with Crippen molar-refractivity contribution >= 4 is 0 Å². The van der Waals surface area contributed by atoms with E-state index in [1.807, 2.05) is 27.7 Å². The molecule has 0 radical (unpaired) electrons. The van der Waals surface area contributed by atoms with Gasteiger partial charge in [-0.25, -0.2) is 0 Å². The highest BCUT2D eigenvalue weighted by atomic mass is 16.8. The Balaban J connectivity index is 2.05. The van der Waals surface area contributed by atoms with E-state index in [0.29, 0.717) is 6.42 Å². The molecule has 0 aliphatic carbocycles. The van der Waals surface area contributed by atoms with Gasteiger partial charge >= 0.3 is 0 Å². The van der Waals surface area contributed by atoms with E-state index in [-0.39, 0.29) is 24.4 Å². The maximum Gasteiger partial charge on any atom is 0.187 e. The molecule has 2 heterocycles. The van der Waals surface area contributed by atoms with Gasteiger partial charge in [0.25, 0.3) is 0 Å². The van der Waals surface area contributed by atoms with Gasteiger partial charge in [0, 0.05) is 5.92 Å². The van der Waals surface area contributed by atoms with Crippen LogP contribution in [0.1, 0.15) is 34.1 Å². The molecule has 0 saturated carbocycles. The molecule has 15 heavy (non-hydrogen) atoms. The van der Waals surface area contributed by atoms with E-state index in [4.69, 9.17) is 14.2 Å². The zero-order valence-corrected chi connectivity index (χ0v) is 9.77. The van der Waals surface area contributed by atoms with Gasteiger partial charge in [0.1, 0.15) is 6.10 Å². The fourth-order valence-electron chi connectivity index (χ4n) is 2.36. The summed E-state index contributed by atoms with van der Waals surface area (Å²) in [5.41, 5.74) is 0. The summed E-state index contributed by atoms with van der Waals surface area (Å²) in [7, 11) is 0. The van der Waals surface area contributed by atoms with Crippen molar-refractivity contribution in [1.82, 2.24) is 0 Å². The molecule has 2 aliphatic heterocycles. The van der Waals surface area contributed by atoms with Crippen LogP contribution in [0.2, 0.25) is 0 Å². The molecule has 0 aromatic heterocycles. The van der Waals surface area contributed by atoms with E-state index in [2.05, 4.69) is 0 Å². The van der Waals surface area contributed by atoms with Crippen LogP contribution in [0, 0.1) is 5.92 Å². The molecule has 2 aliphatic rings. The summed E-state index contributed by atoms with van der Waals surface area (Å²) in [6.07, 6.45) is -0.271. The Morgan fingerprint density at radius 3 is 2.53 bits per heavy atom. The second-order valence-electron chi connectivity index (χ2n) is 4.90. The van der Waals surface area contributed by atoms with E-state index in [1.165, 1.54) is 0 Å². The van der Waals surface area contributed by atoms with Crippen molar-refractivity contribution in [3.05, 3.63) is 0 Å². The quantitative estimate of drug-likeness (QED) is 0.755. The number of aliphatic hydroxyl groups excluding tert-OH is 1. The van der Waals surface area contributed by atoms with Gasteiger partial charge in [-0.2, -0.15) is 0 Å². The van der Waals surface area contributed by atoms with E-state index in [0.717, 1.165) is 0 Å². The molecular formula is C11H20O4. The van der Waals surface area contributed by atoms with Gasteiger partial charge in [-0.1, -0.05) is 13.8 Å². The van der Waals surface area contributed by atoms with Gasteiger partial charge in [-0.15, -0.1) is 0 Å². The highest BCUT2D eigenvalue weighted by Gasteiger charge is 2.54. The fourth-order valence-corrected chi connectivity index (χ4v) is 2.36. The normalized spacial score (nSPS) is 45.4. The maximum atomic E-state index is 9.78. The summed E-state index contributed by atoms with van der Waals surface area (Å²) in [5.74, 6) is -0.391. The van der Waals surface area contributed by atoms with Crippen LogP contribution in [0.3, 0.4) is 0 Å². The fraction of sp³-hybridized carbons (Fsp3) is 1.00. The first-order valence-corrected chi connectivity index (χ1v) is 5.64. The second kappa shape index (κ2) is 3.70. The predicted octanol–water partition coefficient (Wildman–Crippen LogP) is 1.27. The number of hydrogen-bond donors (Lipinski definition) is 1. The highest BCUT2D eigenvalue weighted by molar-refractivity contribution is 4.92. The first-order chi connectivity index (χ1) is 6.94. The molecule has 2 rings (SSSR count). The van der Waals surface area contributed by atoms with Crippen molar-refractivity contribution in [1.29, 1.82) is 0 Å². The van der Waals surface area contributed by atoms with E-state index in [1.54, 1.807) is 0 Å². The smallest absolute Gasteiger partial charge is 0.187 e. The van der Waals surface area contributed by atoms with Crippen LogP contribution in [-0.4, -0.2) is 35.5 Å². The summed E-state index contributed by atoms with van der Waals surface area (Å²) in [6.45, 7) is 7.75. The van der Waals surface area contributed by atoms with Crippen molar-refractivity contribution in [3.63, 3.8) is 0 Å². The van der Waals surface area contributed by atoms with Gasteiger partial charge in [0.05, 0.1) is 12.2 Å². The van der Waals surface area contributed by atoms with Gasteiger partial charge < -0.3 is 19.3 Å². The van der Waals surface area contributed by atoms with Crippen molar-refractivity contribution in [2.45, 2.75) is 64.5 Å². The first kappa shape index (κ1) is 11.3. The Labute approximate surface area is 90.5 Å². The highest BCUT2D eigenvalue weighted by Crippen LogP contribution is 2.41. The number of hydrogen-bond acceptors (Lipinski definition) is 4. The molecule has 88 valence electrons. The van der Waals surface area contributed by atoms with Crippen LogP contribution >= 0.6 is 0 Å². The molecule has 0 aromatic rings. The Morgan fingerprint density at radius 2 is 2.00 bits per heavy atom. The molecule has 2 fully saturated rings. The largest absolute Gasteiger partial charge is 0.390 e. The van der Waals surface area contributed by atoms with Crippen molar-refractivity contribution in [2.75, 3.05) is 0 Å². The third-order valence-electron chi connectivity index (χ3n) is 3.21. The number of aliphatic hydroxyl groups is 1. The first-order valence-electron chi connectivity index (χ1n) is 5.64. The Kier molecular flexibility index (Phi) is 2.79. The van der Waals surface area contributed by atoms with Crippen LogP contribution < -0.4 is 0 Å². The van der Waals surface area contributed by atoms with Gasteiger partial charge in [-0.05, 0) is 20.3 Å². The molecular weight excluding hydrogens is 196 g/mol. The zero-order chi connectivity index (χ0) is 11.2. The van der Waals surface area contributed by atoms with Gasteiger partial charge in [0.15, 0.2) is 12.1 Å². The van der Waals surface area contributed by atoms with Crippen LogP contribution in [0.25, 0.3) is 0 Å². The minimum Gasteiger partial charge on any atom is -0.390 e. The number of fused-ring (bicyclic) bond motifs is 1. The van der Waals surface area contributed by atoms with Crippen LogP contribution in [0.4, 0.5) is 0 Å². The molecule has 1 N–H and O–H groups in total. The lowest BCUT2D eigenvalue weighted by molar-refractivity contribution is -0.219. The van der Waals surface area contributed by atoms with Crippen molar-refractivity contribution < 1.29 is 19.3 Å². The molecule has 0 unspecified atom stereocenters. The summed E-state index contributed by atoms with van der Waals surface area (Å²) >= 11 is 0. The van der Waals surface area contributed by atoms with Gasteiger partial charge in [0.2, 0.25) is 0 Å². The average Bonchev–Trinajstić information content (AvgIpc) is 2.60. The van der Waals surface area contributed by atoms with Crippen molar-refractivity contribution in [3.8, 4) is 0 Å². The zero-order valence-electron chi connectivity index (χ0n) is 9.77. The minimum absolute atomic E-state index is 0.0498. The Bertz CT molecular complexity index is 241. The summed E-state index contributed by atoms with van der Waals surface area (Å²) in [4.78, 5) is 0. The Morgan fingerprint density at radius 1 is 1.33 bits per heavy atom. The molecule has 0 amide bonds.